The Morgan fingerprint density at radius 2 is 1.63 bits per heavy atom. The van der Waals surface area contributed by atoms with E-state index in [4.69, 9.17) is 9.47 Å². The number of benzene rings is 2. The fourth-order valence-electron chi connectivity index (χ4n) is 3.96. The van der Waals surface area contributed by atoms with Gasteiger partial charge in [-0.05, 0) is 37.5 Å². The Labute approximate surface area is 176 Å². The molecule has 0 aliphatic carbocycles. The van der Waals surface area contributed by atoms with Crippen molar-refractivity contribution in [1.29, 1.82) is 0 Å². The molecule has 30 heavy (non-hydrogen) atoms. The van der Waals surface area contributed by atoms with Crippen molar-refractivity contribution >= 4 is 22.6 Å². The van der Waals surface area contributed by atoms with Crippen LogP contribution >= 0.6 is 0 Å². The zero-order valence-corrected chi connectivity index (χ0v) is 17.2. The Morgan fingerprint density at radius 3 is 2.40 bits per heavy atom. The number of methoxy groups -OCH3 is 1. The van der Waals surface area contributed by atoms with Crippen LogP contribution in [0.1, 0.15) is 29.6 Å². The largest absolute Gasteiger partial charge is 0.493 e. The lowest BCUT2D eigenvalue weighted by molar-refractivity contribution is -0.127. The quantitative estimate of drug-likeness (QED) is 0.441. The summed E-state index contributed by atoms with van der Waals surface area (Å²) in [5.41, 5.74) is 1.37. The van der Waals surface area contributed by atoms with Crippen LogP contribution in [0.15, 0.2) is 54.7 Å². The number of hydrogen-bond donors (Lipinski definition) is 0. The van der Waals surface area contributed by atoms with Crippen LogP contribution in [0.4, 0.5) is 0 Å². The number of ether oxygens (including phenoxy) is 2. The molecule has 6 nitrogen and oxygen atoms in total. The Kier molecular flexibility index (Phi) is 6.02. The summed E-state index contributed by atoms with van der Waals surface area (Å²) in [6, 6.07) is 15.2. The molecule has 0 bridgehead atoms. The van der Waals surface area contributed by atoms with Crippen LogP contribution in [0.25, 0.3) is 10.9 Å². The fourth-order valence-corrected chi connectivity index (χ4v) is 3.96. The van der Waals surface area contributed by atoms with Gasteiger partial charge in [0.2, 0.25) is 0 Å². The molecule has 0 saturated carbocycles. The molecule has 0 spiro atoms. The van der Waals surface area contributed by atoms with Crippen molar-refractivity contribution in [3.05, 3.63) is 60.3 Å². The number of carbonyl (C=O) groups excluding carboxylic acids is 2. The molecule has 4 rings (SSSR count). The van der Waals surface area contributed by atoms with E-state index in [9.17, 15) is 9.59 Å². The van der Waals surface area contributed by atoms with Crippen molar-refractivity contribution in [1.82, 2.24) is 9.47 Å². The second kappa shape index (κ2) is 9.03. The van der Waals surface area contributed by atoms with Crippen LogP contribution in [0, 0.1) is 0 Å². The van der Waals surface area contributed by atoms with Crippen molar-refractivity contribution < 1.29 is 19.1 Å². The van der Waals surface area contributed by atoms with Crippen molar-refractivity contribution in [3.8, 4) is 11.5 Å². The van der Waals surface area contributed by atoms with E-state index in [1.165, 1.54) is 0 Å². The molecular weight excluding hydrogens is 380 g/mol. The molecule has 6 heteroatoms. The lowest BCUT2D eigenvalue weighted by Gasteiger charge is -2.25. The molecule has 0 unspecified atom stereocenters. The summed E-state index contributed by atoms with van der Waals surface area (Å²) < 4.78 is 13.2. The number of carbonyl (C=O) groups is 2. The topological polar surface area (TPSA) is 60.8 Å². The third-order valence-electron chi connectivity index (χ3n) is 5.53. The van der Waals surface area contributed by atoms with Crippen LogP contribution < -0.4 is 9.47 Å². The second-order valence-electron chi connectivity index (χ2n) is 7.43. The van der Waals surface area contributed by atoms with Gasteiger partial charge < -0.3 is 18.9 Å². The molecule has 0 radical (unpaired) electrons. The number of amides is 1. The van der Waals surface area contributed by atoms with Gasteiger partial charge in [0, 0.05) is 30.2 Å². The molecule has 156 valence electrons. The highest BCUT2D eigenvalue weighted by atomic mass is 16.5. The van der Waals surface area contributed by atoms with Gasteiger partial charge in [-0.2, -0.15) is 0 Å². The molecular formula is C24H26N2O4. The van der Waals surface area contributed by atoms with Crippen molar-refractivity contribution in [2.75, 3.05) is 26.8 Å². The summed E-state index contributed by atoms with van der Waals surface area (Å²) in [6.07, 6.45) is 4.81. The summed E-state index contributed by atoms with van der Waals surface area (Å²) in [5, 5.41) is 0.796. The highest BCUT2D eigenvalue weighted by Gasteiger charge is 2.27. The van der Waals surface area contributed by atoms with E-state index in [0.29, 0.717) is 43.3 Å². The number of fused-ring (bicyclic) bond motifs is 1. The number of piperidine rings is 1. The summed E-state index contributed by atoms with van der Waals surface area (Å²) in [7, 11) is 1.61. The molecule has 0 atom stereocenters. The minimum absolute atomic E-state index is 0.400. The van der Waals surface area contributed by atoms with Gasteiger partial charge >= 0.3 is 0 Å². The Bertz CT molecular complexity index is 1050. The predicted octanol–water partition coefficient (Wildman–Crippen LogP) is 3.92. The van der Waals surface area contributed by atoms with Crippen molar-refractivity contribution in [3.63, 3.8) is 0 Å². The van der Waals surface area contributed by atoms with Gasteiger partial charge in [-0.3, -0.25) is 9.59 Å². The van der Waals surface area contributed by atoms with Crippen LogP contribution in [0.5, 0.6) is 11.5 Å². The van der Waals surface area contributed by atoms with Crippen LogP contribution in [0.2, 0.25) is 0 Å². The average molecular weight is 406 g/mol. The highest BCUT2D eigenvalue weighted by Crippen LogP contribution is 2.26. The standard InChI is InChI=1S/C24H26N2O4/c1-29-21-11-5-6-12-22(21)30-16-15-26-17-19(18-9-3-4-10-20(18)26)23(27)24(28)25-13-7-2-8-14-25/h3-6,9-12,17H,2,7-8,13-16H2,1H3. The zero-order valence-electron chi connectivity index (χ0n) is 17.2. The number of Topliss-reactive ketones (excluding diaryl/α,β-unsaturated/α-hetero) is 1. The van der Waals surface area contributed by atoms with Gasteiger partial charge in [0.05, 0.1) is 19.2 Å². The maximum absolute atomic E-state index is 13.0. The SMILES string of the molecule is COc1ccccc1OCCn1cc(C(=O)C(=O)N2CCCCC2)c2ccccc21. The van der Waals surface area contributed by atoms with E-state index < -0.39 is 11.7 Å². The number of para-hydroxylation sites is 3. The summed E-state index contributed by atoms with van der Waals surface area (Å²) in [6.45, 7) is 2.28. The number of hydrogen-bond acceptors (Lipinski definition) is 4. The highest BCUT2D eigenvalue weighted by molar-refractivity contribution is 6.44. The lowest BCUT2D eigenvalue weighted by atomic mass is 10.1. The molecule has 1 fully saturated rings. The summed E-state index contributed by atoms with van der Waals surface area (Å²) in [5.74, 6) is 0.520. The molecule has 2 heterocycles. The van der Waals surface area contributed by atoms with Gasteiger partial charge in [-0.15, -0.1) is 0 Å². The molecule has 1 saturated heterocycles. The zero-order chi connectivity index (χ0) is 20.9. The molecule has 1 aliphatic heterocycles. The van der Waals surface area contributed by atoms with E-state index in [1.54, 1.807) is 18.2 Å². The van der Waals surface area contributed by atoms with Gasteiger partial charge in [-0.25, -0.2) is 0 Å². The van der Waals surface area contributed by atoms with Gasteiger partial charge in [0.25, 0.3) is 11.7 Å². The van der Waals surface area contributed by atoms with Crippen LogP contribution in [-0.4, -0.2) is 48.0 Å². The fraction of sp³-hybridized carbons (Fsp3) is 0.333. The monoisotopic (exact) mass is 406 g/mol. The van der Waals surface area contributed by atoms with Crippen LogP contribution in [-0.2, 0) is 11.3 Å². The van der Waals surface area contributed by atoms with Gasteiger partial charge in [0.1, 0.15) is 6.61 Å². The second-order valence-corrected chi connectivity index (χ2v) is 7.43. The Morgan fingerprint density at radius 1 is 0.933 bits per heavy atom. The molecule has 1 aromatic heterocycles. The first-order valence-electron chi connectivity index (χ1n) is 10.4. The summed E-state index contributed by atoms with van der Waals surface area (Å²) >= 11 is 0. The molecule has 1 amide bonds. The van der Waals surface area contributed by atoms with Crippen molar-refractivity contribution in [2.24, 2.45) is 0 Å². The first-order valence-corrected chi connectivity index (χ1v) is 10.4. The minimum Gasteiger partial charge on any atom is -0.493 e. The minimum atomic E-state index is -0.433. The lowest BCUT2D eigenvalue weighted by Crippen LogP contribution is -2.40. The Hall–Kier alpha value is -3.28. The maximum Gasteiger partial charge on any atom is 0.295 e. The normalized spacial score (nSPS) is 14.0. The first-order chi connectivity index (χ1) is 14.7. The van der Waals surface area contributed by atoms with Gasteiger partial charge in [-0.1, -0.05) is 30.3 Å². The van der Waals surface area contributed by atoms with E-state index in [1.807, 2.05) is 53.1 Å². The third-order valence-corrected chi connectivity index (χ3v) is 5.53. The number of nitrogens with zero attached hydrogens (tertiary/aromatic N) is 2. The smallest absolute Gasteiger partial charge is 0.295 e. The average Bonchev–Trinajstić information content (AvgIpc) is 3.17. The molecule has 3 aromatic rings. The number of ketones is 1. The van der Waals surface area contributed by atoms with E-state index in [2.05, 4.69) is 0 Å². The first kappa shape index (κ1) is 20.0. The molecule has 2 aromatic carbocycles. The molecule has 1 aliphatic rings. The van der Waals surface area contributed by atoms with Gasteiger partial charge in [0.15, 0.2) is 11.5 Å². The van der Waals surface area contributed by atoms with E-state index in [0.717, 1.165) is 30.2 Å². The number of aromatic nitrogens is 1. The Balaban J connectivity index is 1.53. The van der Waals surface area contributed by atoms with Crippen molar-refractivity contribution in [2.45, 2.75) is 25.8 Å². The number of likely N-dealkylation sites (tertiary alicyclic amines) is 1. The maximum atomic E-state index is 13.0. The van der Waals surface area contributed by atoms with E-state index in [-0.39, 0.29) is 0 Å². The number of rotatable bonds is 7. The van der Waals surface area contributed by atoms with Crippen LogP contribution in [0.3, 0.4) is 0 Å². The van der Waals surface area contributed by atoms with E-state index >= 15 is 0 Å². The summed E-state index contributed by atoms with van der Waals surface area (Å²) in [4.78, 5) is 27.4. The predicted molar refractivity (Wildman–Crippen MR) is 115 cm³/mol. The third kappa shape index (κ3) is 4.03. The molecule has 0 N–H and O–H groups in total.